The predicted molar refractivity (Wildman–Crippen MR) is 64.8 cm³/mol. The van der Waals surface area contributed by atoms with Crippen molar-refractivity contribution in [1.29, 1.82) is 0 Å². The molecule has 0 radical (unpaired) electrons. The van der Waals surface area contributed by atoms with E-state index in [-0.39, 0.29) is 5.84 Å². The molecular weight excluding hydrogens is 224 g/mol. The van der Waals surface area contributed by atoms with Gasteiger partial charge in [0.15, 0.2) is 11.0 Å². The first-order chi connectivity index (χ1) is 7.77. The summed E-state index contributed by atoms with van der Waals surface area (Å²) < 4.78 is 0. The van der Waals surface area contributed by atoms with Crippen molar-refractivity contribution in [1.82, 2.24) is 9.97 Å². The Bertz CT molecular complexity index is 356. The van der Waals surface area contributed by atoms with Crippen LogP contribution in [0.2, 0.25) is 0 Å². The van der Waals surface area contributed by atoms with Gasteiger partial charge in [0, 0.05) is 11.9 Å². The van der Waals surface area contributed by atoms with E-state index >= 15 is 0 Å². The summed E-state index contributed by atoms with van der Waals surface area (Å²) >= 11 is 1.59. The van der Waals surface area contributed by atoms with Crippen LogP contribution >= 0.6 is 11.8 Å². The summed E-state index contributed by atoms with van der Waals surface area (Å²) in [6, 6.07) is 1.62. The van der Waals surface area contributed by atoms with Crippen LogP contribution in [0.4, 0.5) is 0 Å². The molecular formula is C10H16N4OS. The summed E-state index contributed by atoms with van der Waals surface area (Å²) in [5, 5.41) is 12.1. The molecule has 6 heteroatoms. The number of thioether (sulfide) groups is 1. The Balaban J connectivity index is 2.54. The lowest BCUT2D eigenvalue weighted by atomic mass is 10.3. The Morgan fingerprint density at radius 3 is 3.06 bits per heavy atom. The normalized spacial score (nSPS) is 11.7. The zero-order chi connectivity index (χ0) is 11.8. The highest BCUT2D eigenvalue weighted by molar-refractivity contribution is 7.99. The van der Waals surface area contributed by atoms with Gasteiger partial charge in [-0.3, -0.25) is 0 Å². The van der Waals surface area contributed by atoms with Crippen molar-refractivity contribution in [3.05, 3.63) is 18.0 Å². The van der Waals surface area contributed by atoms with E-state index in [0.717, 1.165) is 12.2 Å². The number of rotatable bonds is 6. The van der Waals surface area contributed by atoms with Crippen molar-refractivity contribution in [2.75, 3.05) is 5.75 Å². The van der Waals surface area contributed by atoms with Crippen LogP contribution in [0.15, 0.2) is 22.6 Å². The predicted octanol–water partition coefficient (Wildman–Crippen LogP) is 1.85. The van der Waals surface area contributed by atoms with Gasteiger partial charge in [0.2, 0.25) is 0 Å². The fourth-order valence-corrected chi connectivity index (χ4v) is 1.95. The minimum Gasteiger partial charge on any atom is -0.409 e. The molecule has 1 heterocycles. The molecule has 1 aromatic heterocycles. The third-order valence-corrected chi connectivity index (χ3v) is 2.93. The van der Waals surface area contributed by atoms with E-state index in [0.29, 0.717) is 10.9 Å². The van der Waals surface area contributed by atoms with E-state index in [4.69, 9.17) is 10.9 Å². The molecule has 1 aromatic rings. The summed E-state index contributed by atoms with van der Waals surface area (Å²) in [5.41, 5.74) is 5.89. The van der Waals surface area contributed by atoms with Gasteiger partial charge in [-0.25, -0.2) is 9.97 Å². The van der Waals surface area contributed by atoms with Gasteiger partial charge in [-0.2, -0.15) is 0 Å². The highest BCUT2D eigenvalue weighted by atomic mass is 32.2. The monoisotopic (exact) mass is 240 g/mol. The lowest BCUT2D eigenvalue weighted by molar-refractivity contribution is 0.318. The molecule has 3 N–H and O–H groups in total. The number of amidine groups is 1. The number of hydrogen-bond donors (Lipinski definition) is 2. The minimum absolute atomic E-state index is 0.0119. The topological polar surface area (TPSA) is 84.4 Å². The Hall–Kier alpha value is -1.30. The van der Waals surface area contributed by atoms with Gasteiger partial charge in [0.1, 0.15) is 5.69 Å². The first kappa shape index (κ1) is 12.8. The maximum atomic E-state index is 8.52. The van der Waals surface area contributed by atoms with Crippen molar-refractivity contribution < 1.29 is 5.21 Å². The second-order valence-corrected chi connectivity index (χ2v) is 4.33. The molecule has 0 fully saturated rings. The summed E-state index contributed by atoms with van der Waals surface area (Å²) in [6.45, 7) is 2.17. The second kappa shape index (κ2) is 7.05. The van der Waals surface area contributed by atoms with Crippen molar-refractivity contribution >= 4 is 17.6 Å². The first-order valence-electron chi connectivity index (χ1n) is 5.21. The number of oxime groups is 1. The minimum atomic E-state index is 0.0119. The Morgan fingerprint density at radius 1 is 1.56 bits per heavy atom. The molecule has 1 rings (SSSR count). The standard InChI is InChI=1S/C10H16N4OS/c1-2-3-4-7-16-10-12-6-5-8(13-10)9(11)14-15/h5-6,15H,2-4,7H2,1H3,(H2,11,14). The van der Waals surface area contributed by atoms with E-state index in [1.807, 2.05) is 0 Å². The van der Waals surface area contributed by atoms with Crippen molar-refractivity contribution in [3.8, 4) is 0 Å². The van der Waals surface area contributed by atoms with E-state index in [1.165, 1.54) is 12.8 Å². The highest BCUT2D eigenvalue weighted by Gasteiger charge is 2.03. The zero-order valence-corrected chi connectivity index (χ0v) is 10.1. The van der Waals surface area contributed by atoms with Gasteiger partial charge >= 0.3 is 0 Å². The molecule has 0 amide bonds. The maximum absolute atomic E-state index is 8.52. The van der Waals surface area contributed by atoms with Crippen LogP contribution in [0.25, 0.3) is 0 Å². The molecule has 0 aliphatic heterocycles. The van der Waals surface area contributed by atoms with Crippen molar-refractivity contribution in [2.45, 2.75) is 31.3 Å². The van der Waals surface area contributed by atoms with E-state index in [9.17, 15) is 0 Å². The fourth-order valence-electron chi connectivity index (χ4n) is 1.12. The van der Waals surface area contributed by atoms with E-state index < -0.39 is 0 Å². The zero-order valence-electron chi connectivity index (χ0n) is 9.26. The van der Waals surface area contributed by atoms with Gasteiger partial charge in [-0.1, -0.05) is 36.7 Å². The van der Waals surface area contributed by atoms with Crippen LogP contribution in [0.5, 0.6) is 0 Å². The lowest BCUT2D eigenvalue weighted by Gasteiger charge is -2.01. The van der Waals surface area contributed by atoms with Crippen LogP contribution in [0.3, 0.4) is 0 Å². The van der Waals surface area contributed by atoms with Gasteiger partial charge < -0.3 is 10.9 Å². The molecule has 16 heavy (non-hydrogen) atoms. The molecule has 0 aliphatic rings. The third-order valence-electron chi connectivity index (χ3n) is 1.98. The largest absolute Gasteiger partial charge is 0.409 e. The molecule has 0 aliphatic carbocycles. The SMILES string of the molecule is CCCCCSc1nccc(/C(N)=N/O)n1. The fraction of sp³-hybridized carbons (Fsp3) is 0.500. The Kier molecular flexibility index (Phi) is 5.63. The van der Waals surface area contributed by atoms with Crippen LogP contribution in [-0.4, -0.2) is 26.8 Å². The molecule has 5 nitrogen and oxygen atoms in total. The van der Waals surface area contributed by atoms with Crippen LogP contribution in [0, 0.1) is 0 Å². The summed E-state index contributed by atoms with van der Waals surface area (Å²) in [4.78, 5) is 8.29. The molecule has 0 spiro atoms. The lowest BCUT2D eigenvalue weighted by Crippen LogP contribution is -2.15. The second-order valence-electron chi connectivity index (χ2n) is 3.27. The third kappa shape index (κ3) is 4.06. The Morgan fingerprint density at radius 2 is 2.38 bits per heavy atom. The summed E-state index contributed by atoms with van der Waals surface area (Å²) in [5.74, 6) is 1.01. The number of hydrogen-bond acceptors (Lipinski definition) is 5. The van der Waals surface area contributed by atoms with Gasteiger partial charge in [0.25, 0.3) is 0 Å². The van der Waals surface area contributed by atoms with Crippen molar-refractivity contribution in [3.63, 3.8) is 0 Å². The highest BCUT2D eigenvalue weighted by Crippen LogP contribution is 2.14. The average molecular weight is 240 g/mol. The quantitative estimate of drug-likeness (QED) is 0.151. The van der Waals surface area contributed by atoms with E-state index in [2.05, 4.69) is 22.0 Å². The van der Waals surface area contributed by atoms with Crippen LogP contribution in [-0.2, 0) is 0 Å². The van der Waals surface area contributed by atoms with Gasteiger partial charge in [-0.05, 0) is 12.5 Å². The maximum Gasteiger partial charge on any atom is 0.188 e. The molecule has 0 aromatic carbocycles. The van der Waals surface area contributed by atoms with Gasteiger partial charge in [0.05, 0.1) is 0 Å². The summed E-state index contributed by atoms with van der Waals surface area (Å²) in [7, 11) is 0. The Labute approximate surface area is 99.2 Å². The molecule has 0 atom stereocenters. The molecule has 0 saturated carbocycles. The average Bonchev–Trinajstić information content (AvgIpc) is 2.34. The molecule has 0 saturated heterocycles. The van der Waals surface area contributed by atoms with Crippen LogP contribution < -0.4 is 5.73 Å². The van der Waals surface area contributed by atoms with Gasteiger partial charge in [-0.15, -0.1) is 0 Å². The number of aromatic nitrogens is 2. The number of nitrogens with two attached hydrogens (primary N) is 1. The number of nitrogens with zero attached hydrogens (tertiary/aromatic N) is 3. The van der Waals surface area contributed by atoms with Crippen molar-refractivity contribution in [2.24, 2.45) is 10.9 Å². The molecule has 0 bridgehead atoms. The smallest absolute Gasteiger partial charge is 0.188 e. The number of unbranched alkanes of at least 4 members (excludes halogenated alkanes) is 2. The molecule has 88 valence electrons. The molecule has 0 unspecified atom stereocenters. The summed E-state index contributed by atoms with van der Waals surface area (Å²) in [6.07, 6.45) is 5.18. The first-order valence-corrected chi connectivity index (χ1v) is 6.20. The van der Waals surface area contributed by atoms with E-state index in [1.54, 1.807) is 24.0 Å². The van der Waals surface area contributed by atoms with Crippen LogP contribution in [0.1, 0.15) is 31.9 Å².